The van der Waals surface area contributed by atoms with Gasteiger partial charge in [0.25, 0.3) is 0 Å². The summed E-state index contributed by atoms with van der Waals surface area (Å²) in [6.45, 7) is 0.776. The van der Waals surface area contributed by atoms with E-state index < -0.39 is 10.0 Å². The summed E-state index contributed by atoms with van der Waals surface area (Å²) in [4.78, 5) is 0.246. The van der Waals surface area contributed by atoms with Gasteiger partial charge in [0.05, 0.1) is 4.90 Å². The van der Waals surface area contributed by atoms with Gasteiger partial charge in [-0.1, -0.05) is 18.0 Å². The fraction of sp³-hybridized carbons (Fsp3) is 0.600. The van der Waals surface area contributed by atoms with E-state index in [4.69, 9.17) is 17.3 Å². The molecule has 0 aromatic heterocycles. The maximum Gasteiger partial charge on any atom is 0.240 e. The SMILES string of the molecule is NCc1cc(S(=O)(=O)NCC2CC3CCC2C3)ccc1Cl. The van der Waals surface area contributed by atoms with Gasteiger partial charge in [0, 0.05) is 18.1 Å². The maximum absolute atomic E-state index is 12.4. The van der Waals surface area contributed by atoms with Crippen LogP contribution in [0, 0.1) is 17.8 Å². The second-order valence-corrected chi connectivity index (χ2v) is 8.42. The highest BCUT2D eigenvalue weighted by Gasteiger charge is 2.39. The number of sulfonamides is 1. The van der Waals surface area contributed by atoms with E-state index in [9.17, 15) is 8.42 Å². The summed E-state index contributed by atoms with van der Waals surface area (Å²) in [5.74, 6) is 2.03. The Hall–Kier alpha value is -0.620. The second kappa shape index (κ2) is 5.88. The van der Waals surface area contributed by atoms with Crippen LogP contribution in [0.25, 0.3) is 0 Å². The van der Waals surface area contributed by atoms with Gasteiger partial charge < -0.3 is 5.73 Å². The molecule has 2 bridgehead atoms. The minimum absolute atomic E-state index is 0.231. The fourth-order valence-corrected chi connectivity index (χ4v) is 5.14. The molecule has 1 aromatic carbocycles. The van der Waals surface area contributed by atoms with Crippen LogP contribution in [0.2, 0.25) is 5.02 Å². The molecule has 0 aliphatic heterocycles. The van der Waals surface area contributed by atoms with Gasteiger partial charge in [-0.15, -0.1) is 0 Å². The van der Waals surface area contributed by atoms with Crippen LogP contribution >= 0.6 is 11.6 Å². The molecule has 116 valence electrons. The second-order valence-electron chi connectivity index (χ2n) is 6.24. The molecule has 0 spiro atoms. The summed E-state index contributed by atoms with van der Waals surface area (Å²) in [5, 5.41) is 0.504. The Bertz CT molecular complexity index is 633. The van der Waals surface area contributed by atoms with Gasteiger partial charge >= 0.3 is 0 Å². The van der Waals surface area contributed by atoms with Crippen LogP contribution in [-0.4, -0.2) is 15.0 Å². The van der Waals surface area contributed by atoms with Gasteiger partial charge in [0.15, 0.2) is 0 Å². The van der Waals surface area contributed by atoms with Crippen LogP contribution in [-0.2, 0) is 16.6 Å². The average Bonchev–Trinajstić information content (AvgIpc) is 3.08. The molecule has 3 N–H and O–H groups in total. The Labute approximate surface area is 131 Å². The van der Waals surface area contributed by atoms with E-state index in [0.717, 1.165) is 5.92 Å². The zero-order valence-corrected chi connectivity index (χ0v) is 13.5. The van der Waals surface area contributed by atoms with Crippen LogP contribution in [0.3, 0.4) is 0 Å². The van der Waals surface area contributed by atoms with E-state index in [1.165, 1.54) is 31.7 Å². The minimum atomic E-state index is -3.48. The smallest absolute Gasteiger partial charge is 0.240 e. The lowest BCUT2D eigenvalue weighted by molar-refractivity contribution is 0.333. The Kier molecular flexibility index (Phi) is 4.28. The van der Waals surface area contributed by atoms with E-state index in [1.54, 1.807) is 12.1 Å². The molecule has 0 heterocycles. The molecule has 0 radical (unpaired) electrons. The van der Waals surface area contributed by atoms with Crippen LogP contribution < -0.4 is 10.5 Å². The molecule has 6 heteroatoms. The van der Waals surface area contributed by atoms with Crippen LogP contribution in [0.4, 0.5) is 0 Å². The van der Waals surface area contributed by atoms with Gasteiger partial charge in [-0.2, -0.15) is 0 Å². The highest BCUT2D eigenvalue weighted by molar-refractivity contribution is 7.89. The van der Waals surface area contributed by atoms with E-state index >= 15 is 0 Å². The fourth-order valence-electron chi connectivity index (χ4n) is 3.80. The minimum Gasteiger partial charge on any atom is -0.326 e. The number of benzene rings is 1. The maximum atomic E-state index is 12.4. The highest BCUT2D eigenvalue weighted by Crippen LogP contribution is 2.48. The van der Waals surface area contributed by atoms with Crippen molar-refractivity contribution < 1.29 is 8.42 Å². The van der Waals surface area contributed by atoms with Crippen molar-refractivity contribution in [2.45, 2.75) is 37.1 Å². The van der Waals surface area contributed by atoms with Gasteiger partial charge in [-0.3, -0.25) is 0 Å². The Morgan fingerprint density at radius 2 is 2.10 bits per heavy atom. The third kappa shape index (κ3) is 3.11. The topological polar surface area (TPSA) is 72.2 Å². The van der Waals surface area contributed by atoms with Crippen molar-refractivity contribution >= 4 is 21.6 Å². The molecule has 3 atom stereocenters. The van der Waals surface area contributed by atoms with Crippen LogP contribution in [0.1, 0.15) is 31.2 Å². The third-order valence-corrected chi connectivity index (χ3v) is 6.76. The molecule has 2 saturated carbocycles. The summed E-state index contributed by atoms with van der Waals surface area (Å²) >= 11 is 5.97. The lowest BCUT2D eigenvalue weighted by Gasteiger charge is -2.21. The Morgan fingerprint density at radius 1 is 1.29 bits per heavy atom. The molecule has 2 aliphatic rings. The van der Waals surface area contributed by atoms with Crippen molar-refractivity contribution in [3.05, 3.63) is 28.8 Å². The van der Waals surface area contributed by atoms with E-state index in [2.05, 4.69) is 4.72 Å². The van der Waals surface area contributed by atoms with E-state index in [0.29, 0.717) is 29.0 Å². The normalized spacial score (nSPS) is 28.2. The molecule has 21 heavy (non-hydrogen) atoms. The summed E-state index contributed by atoms with van der Waals surface area (Å²) < 4.78 is 27.5. The predicted molar refractivity (Wildman–Crippen MR) is 83.5 cm³/mol. The molecule has 0 saturated heterocycles. The number of rotatable bonds is 5. The summed E-state index contributed by atoms with van der Waals surface area (Å²) in [6.07, 6.45) is 5.03. The van der Waals surface area contributed by atoms with Gasteiger partial charge in [0.1, 0.15) is 0 Å². The summed E-state index contributed by atoms with van der Waals surface area (Å²) in [7, 11) is -3.48. The summed E-state index contributed by atoms with van der Waals surface area (Å²) in [5.41, 5.74) is 6.23. The van der Waals surface area contributed by atoms with Crippen LogP contribution in [0.15, 0.2) is 23.1 Å². The Morgan fingerprint density at radius 3 is 2.71 bits per heavy atom. The first-order chi connectivity index (χ1) is 9.99. The molecule has 0 amide bonds. The lowest BCUT2D eigenvalue weighted by atomic mass is 9.89. The number of nitrogens with two attached hydrogens (primary N) is 1. The lowest BCUT2D eigenvalue weighted by Crippen LogP contribution is -2.31. The van der Waals surface area contributed by atoms with Crippen molar-refractivity contribution in [1.29, 1.82) is 0 Å². The highest BCUT2D eigenvalue weighted by atomic mass is 35.5. The Balaban J connectivity index is 1.69. The van der Waals surface area contributed by atoms with Crippen molar-refractivity contribution in [3.63, 3.8) is 0 Å². The van der Waals surface area contributed by atoms with Crippen LogP contribution in [0.5, 0.6) is 0 Å². The molecule has 4 nitrogen and oxygen atoms in total. The molecule has 1 aromatic rings. The molecule has 3 rings (SSSR count). The van der Waals surface area contributed by atoms with E-state index in [-0.39, 0.29) is 11.4 Å². The molecular weight excluding hydrogens is 308 g/mol. The first-order valence-electron chi connectivity index (χ1n) is 7.48. The largest absolute Gasteiger partial charge is 0.326 e. The first-order valence-corrected chi connectivity index (χ1v) is 9.34. The summed E-state index contributed by atoms with van der Waals surface area (Å²) in [6, 6.07) is 4.69. The number of fused-ring (bicyclic) bond motifs is 2. The van der Waals surface area contributed by atoms with Crippen molar-refractivity contribution in [3.8, 4) is 0 Å². The van der Waals surface area contributed by atoms with Crippen molar-refractivity contribution in [2.75, 3.05) is 6.54 Å². The number of hydrogen-bond acceptors (Lipinski definition) is 3. The third-order valence-electron chi connectivity index (χ3n) is 4.97. The standard InChI is InChI=1S/C15H21ClN2O2S/c16-15-4-3-14(7-12(15)8-17)21(19,20)18-9-13-6-10-1-2-11(13)5-10/h3-4,7,10-11,13,18H,1-2,5-6,8-9,17H2. The molecule has 2 aliphatic carbocycles. The zero-order chi connectivity index (χ0) is 15.0. The van der Waals surface area contributed by atoms with Gasteiger partial charge in [-0.25, -0.2) is 13.1 Å². The van der Waals surface area contributed by atoms with E-state index in [1.807, 2.05) is 0 Å². The molecule has 3 unspecified atom stereocenters. The van der Waals surface area contributed by atoms with Crippen molar-refractivity contribution in [1.82, 2.24) is 4.72 Å². The first kappa shape index (κ1) is 15.3. The van der Waals surface area contributed by atoms with Gasteiger partial charge in [-0.05, 0) is 60.8 Å². The zero-order valence-electron chi connectivity index (χ0n) is 11.9. The average molecular weight is 329 g/mol. The van der Waals surface area contributed by atoms with Crippen molar-refractivity contribution in [2.24, 2.45) is 23.5 Å². The number of hydrogen-bond donors (Lipinski definition) is 2. The predicted octanol–water partition coefficient (Wildman–Crippen LogP) is 2.51. The van der Waals surface area contributed by atoms with Gasteiger partial charge in [0.2, 0.25) is 10.0 Å². The quantitative estimate of drug-likeness (QED) is 0.872. The number of nitrogens with one attached hydrogen (secondary N) is 1. The molecule has 2 fully saturated rings. The monoisotopic (exact) mass is 328 g/mol. The number of halogens is 1. The molecular formula is C15H21ClN2O2S.